The molecule has 3 rings (SSSR count). The molecule has 0 aromatic heterocycles. The second kappa shape index (κ2) is 6.04. The van der Waals surface area contributed by atoms with Crippen LogP contribution in [0.15, 0.2) is 60.4 Å². The molecule has 2 amide bonds. The molecule has 2 aromatic carbocycles. The van der Waals surface area contributed by atoms with Gasteiger partial charge in [-0.1, -0.05) is 42.5 Å². The summed E-state index contributed by atoms with van der Waals surface area (Å²) in [5.74, 6) is -2.32. The van der Waals surface area contributed by atoms with E-state index >= 15 is 0 Å². The van der Waals surface area contributed by atoms with Crippen molar-refractivity contribution in [2.24, 2.45) is 0 Å². The van der Waals surface area contributed by atoms with Crippen LogP contribution < -0.4 is 0 Å². The number of hydrogen-bond donors (Lipinski definition) is 1. The normalized spacial score (nSPS) is 14.7. The van der Waals surface area contributed by atoms with Gasteiger partial charge in [-0.3, -0.25) is 14.5 Å². The fourth-order valence-corrected chi connectivity index (χ4v) is 2.53. The van der Waals surface area contributed by atoms with Crippen LogP contribution in [0.2, 0.25) is 0 Å². The molecule has 23 heavy (non-hydrogen) atoms. The van der Waals surface area contributed by atoms with E-state index in [0.29, 0.717) is 12.0 Å². The van der Waals surface area contributed by atoms with E-state index in [4.69, 9.17) is 0 Å². The number of imide groups is 1. The molecule has 2 aromatic rings. The molecule has 0 spiro atoms. The number of hydrogen-bond acceptors (Lipinski definition) is 3. The van der Waals surface area contributed by atoms with Gasteiger partial charge in [0.1, 0.15) is 5.82 Å². The Morgan fingerprint density at radius 1 is 0.913 bits per heavy atom. The van der Waals surface area contributed by atoms with E-state index < -0.39 is 23.4 Å². The topological polar surface area (TPSA) is 57.6 Å². The molecule has 0 saturated carbocycles. The van der Waals surface area contributed by atoms with E-state index in [2.05, 4.69) is 0 Å². The molecule has 1 N–H and O–H groups in total. The lowest BCUT2D eigenvalue weighted by atomic mass is 10.1. The Kier molecular flexibility index (Phi) is 3.93. The lowest BCUT2D eigenvalue weighted by Crippen LogP contribution is -2.33. The van der Waals surface area contributed by atoms with Gasteiger partial charge < -0.3 is 5.11 Å². The SMILES string of the molecule is O=C1C(O)=C(c2ccc(F)cc2)C(=O)N1CCc1ccccc1. The van der Waals surface area contributed by atoms with Crippen molar-refractivity contribution >= 4 is 17.4 Å². The van der Waals surface area contributed by atoms with Crippen LogP contribution in [0.1, 0.15) is 11.1 Å². The first kappa shape index (κ1) is 15.0. The monoisotopic (exact) mass is 311 g/mol. The molecule has 1 heterocycles. The van der Waals surface area contributed by atoms with Gasteiger partial charge in [0, 0.05) is 6.54 Å². The molecule has 0 fully saturated rings. The Morgan fingerprint density at radius 2 is 1.57 bits per heavy atom. The van der Waals surface area contributed by atoms with Crippen molar-refractivity contribution in [2.45, 2.75) is 6.42 Å². The summed E-state index contributed by atoms with van der Waals surface area (Å²) in [4.78, 5) is 25.6. The van der Waals surface area contributed by atoms with E-state index in [1.165, 1.54) is 24.3 Å². The fraction of sp³-hybridized carbons (Fsp3) is 0.111. The summed E-state index contributed by atoms with van der Waals surface area (Å²) in [7, 11) is 0. The third-order valence-electron chi connectivity index (χ3n) is 3.74. The average Bonchev–Trinajstić information content (AvgIpc) is 2.78. The molecular formula is C18H14FNO3. The van der Waals surface area contributed by atoms with Gasteiger partial charge in [-0.25, -0.2) is 4.39 Å². The number of amides is 2. The minimum atomic E-state index is -0.717. The summed E-state index contributed by atoms with van der Waals surface area (Å²) in [6, 6.07) is 14.5. The van der Waals surface area contributed by atoms with Gasteiger partial charge in [0.2, 0.25) is 0 Å². The molecule has 0 atom stereocenters. The van der Waals surface area contributed by atoms with Crippen LogP contribution in [0.5, 0.6) is 0 Å². The predicted molar refractivity (Wildman–Crippen MR) is 82.8 cm³/mol. The number of halogens is 1. The van der Waals surface area contributed by atoms with Crippen molar-refractivity contribution in [3.8, 4) is 0 Å². The maximum atomic E-state index is 13.0. The van der Waals surface area contributed by atoms with Crippen molar-refractivity contribution in [2.75, 3.05) is 6.54 Å². The van der Waals surface area contributed by atoms with Crippen molar-refractivity contribution in [1.29, 1.82) is 0 Å². The van der Waals surface area contributed by atoms with Crippen molar-refractivity contribution in [1.82, 2.24) is 4.90 Å². The molecule has 0 bridgehead atoms. The van der Waals surface area contributed by atoms with Gasteiger partial charge in [-0.15, -0.1) is 0 Å². The van der Waals surface area contributed by atoms with Gasteiger partial charge >= 0.3 is 0 Å². The van der Waals surface area contributed by atoms with Gasteiger partial charge in [-0.05, 0) is 29.7 Å². The minimum Gasteiger partial charge on any atom is -0.502 e. The smallest absolute Gasteiger partial charge is 0.296 e. The number of benzene rings is 2. The first-order valence-electron chi connectivity index (χ1n) is 7.17. The van der Waals surface area contributed by atoms with Gasteiger partial charge in [0.15, 0.2) is 5.76 Å². The molecule has 1 aliphatic rings. The number of rotatable bonds is 4. The second-order valence-electron chi connectivity index (χ2n) is 5.23. The van der Waals surface area contributed by atoms with Crippen LogP contribution in [0.4, 0.5) is 4.39 Å². The quantitative estimate of drug-likeness (QED) is 0.883. The summed E-state index contributed by atoms with van der Waals surface area (Å²) >= 11 is 0. The Bertz CT molecular complexity index is 782. The molecular weight excluding hydrogens is 297 g/mol. The Labute approximate surface area is 132 Å². The van der Waals surface area contributed by atoms with Gasteiger partial charge in [0.25, 0.3) is 11.8 Å². The van der Waals surface area contributed by atoms with Crippen LogP contribution in [0.25, 0.3) is 5.57 Å². The zero-order valence-electron chi connectivity index (χ0n) is 12.2. The summed E-state index contributed by atoms with van der Waals surface area (Å²) in [6.45, 7) is 0.177. The minimum absolute atomic E-state index is 0.0805. The fourth-order valence-electron chi connectivity index (χ4n) is 2.53. The summed E-state index contributed by atoms with van der Waals surface area (Å²) in [6.07, 6.45) is 0.502. The van der Waals surface area contributed by atoms with Crippen LogP contribution in [0, 0.1) is 5.82 Å². The summed E-state index contributed by atoms with van der Waals surface area (Å²) in [5, 5.41) is 9.99. The highest BCUT2D eigenvalue weighted by molar-refractivity contribution is 6.34. The lowest BCUT2D eigenvalue weighted by molar-refractivity contribution is -0.138. The van der Waals surface area contributed by atoms with Crippen LogP contribution in [0.3, 0.4) is 0 Å². The Morgan fingerprint density at radius 3 is 2.22 bits per heavy atom. The summed E-state index contributed by atoms with van der Waals surface area (Å²) < 4.78 is 13.0. The molecule has 4 nitrogen and oxygen atoms in total. The Hall–Kier alpha value is -2.95. The van der Waals surface area contributed by atoms with E-state index in [0.717, 1.165) is 10.5 Å². The second-order valence-corrected chi connectivity index (χ2v) is 5.23. The average molecular weight is 311 g/mol. The summed E-state index contributed by atoms with van der Waals surface area (Å²) in [5.41, 5.74) is 1.23. The zero-order chi connectivity index (χ0) is 16.4. The first-order chi connectivity index (χ1) is 11.1. The van der Waals surface area contributed by atoms with Crippen molar-refractivity contribution in [3.05, 3.63) is 77.3 Å². The van der Waals surface area contributed by atoms with E-state index in [1.54, 1.807) is 0 Å². The van der Waals surface area contributed by atoms with Crippen molar-refractivity contribution < 1.29 is 19.1 Å². The van der Waals surface area contributed by atoms with Crippen LogP contribution in [-0.2, 0) is 16.0 Å². The van der Waals surface area contributed by atoms with Crippen molar-refractivity contribution in [3.63, 3.8) is 0 Å². The third kappa shape index (κ3) is 2.85. The molecule has 0 aliphatic carbocycles. The highest BCUT2D eigenvalue weighted by atomic mass is 19.1. The molecule has 116 valence electrons. The Balaban J connectivity index is 1.80. The first-order valence-corrected chi connectivity index (χ1v) is 7.17. The number of carbonyl (C=O) groups is 2. The largest absolute Gasteiger partial charge is 0.502 e. The van der Waals surface area contributed by atoms with Crippen LogP contribution in [-0.4, -0.2) is 28.4 Å². The third-order valence-corrected chi connectivity index (χ3v) is 3.74. The van der Waals surface area contributed by atoms with Crippen LogP contribution >= 0.6 is 0 Å². The molecule has 5 heteroatoms. The van der Waals surface area contributed by atoms with Gasteiger partial charge in [-0.2, -0.15) is 0 Å². The van der Waals surface area contributed by atoms with E-state index in [-0.39, 0.29) is 12.1 Å². The van der Waals surface area contributed by atoms with E-state index in [1.807, 2.05) is 30.3 Å². The molecule has 0 saturated heterocycles. The molecule has 0 unspecified atom stereocenters. The number of aliphatic hydroxyl groups is 1. The number of aliphatic hydroxyl groups excluding tert-OH is 1. The van der Waals surface area contributed by atoms with Gasteiger partial charge in [0.05, 0.1) is 5.57 Å². The number of nitrogens with zero attached hydrogens (tertiary/aromatic N) is 1. The highest BCUT2D eigenvalue weighted by Crippen LogP contribution is 2.28. The van der Waals surface area contributed by atoms with E-state index in [9.17, 15) is 19.1 Å². The lowest BCUT2D eigenvalue weighted by Gasteiger charge is -2.14. The highest BCUT2D eigenvalue weighted by Gasteiger charge is 2.38. The molecule has 1 aliphatic heterocycles. The molecule has 0 radical (unpaired) electrons. The maximum Gasteiger partial charge on any atom is 0.296 e. The zero-order valence-corrected chi connectivity index (χ0v) is 12.2. The maximum absolute atomic E-state index is 13.0. The number of carbonyl (C=O) groups excluding carboxylic acids is 2. The predicted octanol–water partition coefficient (Wildman–Crippen LogP) is 2.71. The standard InChI is InChI=1S/C18H14FNO3/c19-14-8-6-13(7-9-14)15-16(21)18(23)20(17(15)22)11-10-12-4-2-1-3-5-12/h1-9,21H,10-11H2.